The molecule has 34 heavy (non-hydrogen) atoms. The molecule has 0 unspecified atom stereocenters. The van der Waals surface area contributed by atoms with Gasteiger partial charge in [-0.1, -0.05) is 53.7 Å². The van der Waals surface area contributed by atoms with E-state index in [9.17, 15) is 0 Å². The van der Waals surface area contributed by atoms with Crippen molar-refractivity contribution >= 4 is 13.7 Å². The summed E-state index contributed by atoms with van der Waals surface area (Å²) in [4.78, 5) is 0. The molecule has 0 spiro atoms. The second-order valence-corrected chi connectivity index (χ2v) is 10.7. The Kier molecular flexibility index (Phi) is 10.7. The van der Waals surface area contributed by atoms with Crippen molar-refractivity contribution in [1.29, 1.82) is 0 Å². The van der Waals surface area contributed by atoms with E-state index in [1.165, 1.54) is 22.3 Å². The number of methoxy groups -OCH3 is 3. The van der Waals surface area contributed by atoms with Gasteiger partial charge < -0.3 is 23.3 Å². The maximum Gasteiger partial charge on any atom is 0.209 e. The van der Waals surface area contributed by atoms with Crippen LogP contribution in [0.3, 0.4) is 0 Å². The minimum absolute atomic E-state index is 0.323. The van der Waals surface area contributed by atoms with Gasteiger partial charge in [0.15, 0.2) is 11.5 Å². The van der Waals surface area contributed by atoms with Crippen LogP contribution in [0, 0.1) is 0 Å². The molecule has 0 heterocycles. The van der Waals surface area contributed by atoms with Crippen LogP contribution >= 0.6 is 8.38 Å². The zero-order valence-corrected chi connectivity index (χ0v) is 23.8. The Bertz CT molecular complexity index is 917. The van der Waals surface area contributed by atoms with Gasteiger partial charge in [-0.05, 0) is 59.9 Å². The Morgan fingerprint density at radius 1 is 0.676 bits per heavy atom. The van der Waals surface area contributed by atoms with Crippen molar-refractivity contribution in [2.24, 2.45) is 0 Å². The maximum atomic E-state index is 6.17. The van der Waals surface area contributed by atoms with E-state index in [1.54, 1.807) is 21.3 Å². The lowest BCUT2D eigenvalue weighted by molar-refractivity contribution is 0.275. The molecule has 190 valence electrons. The lowest BCUT2D eigenvalue weighted by atomic mass is 9.81. The molecule has 2 aromatic rings. The van der Waals surface area contributed by atoms with Gasteiger partial charge in [-0.2, -0.15) is 0 Å². The maximum absolute atomic E-state index is 6.17. The smallest absolute Gasteiger partial charge is 0.209 e. The molecule has 0 aromatic heterocycles. The van der Waals surface area contributed by atoms with E-state index in [-0.39, 0.29) is 0 Å². The largest absolute Gasteiger partial charge is 0.493 e. The van der Waals surface area contributed by atoms with Crippen molar-refractivity contribution in [1.82, 2.24) is 0 Å². The molecule has 0 atom stereocenters. The number of hydrogen-bond acceptors (Lipinski definition) is 5. The van der Waals surface area contributed by atoms with Crippen LogP contribution in [0.2, 0.25) is 0 Å². The van der Waals surface area contributed by atoms with Gasteiger partial charge >= 0.3 is 0 Å². The fourth-order valence-corrected chi connectivity index (χ4v) is 5.71. The van der Waals surface area contributed by atoms with Gasteiger partial charge in [-0.25, -0.2) is 0 Å². The van der Waals surface area contributed by atoms with E-state index >= 15 is 0 Å². The zero-order chi connectivity index (χ0) is 25.6. The Balaban J connectivity index is 3.13. The molecule has 0 amide bonds. The topological polar surface area (TPSA) is 46.2 Å². The van der Waals surface area contributed by atoms with E-state index in [2.05, 4.69) is 59.7 Å². The normalized spacial score (nSPS) is 11.7. The first-order chi connectivity index (χ1) is 16.2. The number of rotatable bonds is 12. The summed E-state index contributed by atoms with van der Waals surface area (Å²) in [6.45, 7) is 18.5. The summed E-state index contributed by atoms with van der Waals surface area (Å²) in [7, 11) is 3.53. The lowest BCUT2D eigenvalue weighted by Crippen LogP contribution is -2.17. The first kappa shape index (κ1) is 28.4. The van der Waals surface area contributed by atoms with Crippen LogP contribution < -0.4 is 19.5 Å². The van der Waals surface area contributed by atoms with E-state index in [0.717, 1.165) is 10.9 Å². The fraction of sp³-hybridized carbons (Fsp3) is 0.571. The van der Waals surface area contributed by atoms with Gasteiger partial charge in [-0.15, -0.1) is 0 Å². The van der Waals surface area contributed by atoms with Crippen LogP contribution in [0.5, 0.6) is 17.2 Å². The third kappa shape index (κ3) is 5.87. The summed E-state index contributed by atoms with van der Waals surface area (Å²) < 4.78 is 29.8. The monoisotopic (exact) mass is 490 g/mol. The molecule has 0 radical (unpaired) electrons. The Morgan fingerprint density at radius 3 is 1.53 bits per heavy atom. The minimum atomic E-state index is -1.41. The van der Waals surface area contributed by atoms with Crippen LogP contribution in [-0.2, 0) is 9.05 Å². The highest BCUT2D eigenvalue weighted by Gasteiger charge is 2.32. The molecular weight excluding hydrogens is 447 g/mol. The van der Waals surface area contributed by atoms with Crippen molar-refractivity contribution in [3.05, 3.63) is 34.9 Å². The highest BCUT2D eigenvalue weighted by atomic mass is 31.2. The average molecular weight is 491 g/mol. The zero-order valence-electron chi connectivity index (χ0n) is 22.9. The third-order valence-corrected chi connectivity index (χ3v) is 7.68. The van der Waals surface area contributed by atoms with Crippen LogP contribution in [-0.4, -0.2) is 34.5 Å². The molecule has 0 saturated heterocycles. The predicted molar refractivity (Wildman–Crippen MR) is 144 cm³/mol. The van der Waals surface area contributed by atoms with Crippen molar-refractivity contribution in [3.63, 3.8) is 0 Å². The van der Waals surface area contributed by atoms with Crippen LogP contribution in [0.4, 0.5) is 0 Å². The molecule has 0 saturated carbocycles. The second kappa shape index (κ2) is 12.8. The minimum Gasteiger partial charge on any atom is -0.493 e. The highest BCUT2D eigenvalue weighted by molar-refractivity contribution is 7.56. The lowest BCUT2D eigenvalue weighted by Gasteiger charge is -2.28. The molecule has 0 aliphatic carbocycles. The first-order valence-corrected chi connectivity index (χ1v) is 13.4. The van der Waals surface area contributed by atoms with E-state index < -0.39 is 8.38 Å². The molecule has 2 rings (SSSR count). The number of benzene rings is 2. The first-order valence-electron chi connectivity index (χ1n) is 12.2. The predicted octanol–water partition coefficient (Wildman–Crippen LogP) is 7.76. The summed E-state index contributed by atoms with van der Waals surface area (Å²) >= 11 is 0. The Morgan fingerprint density at radius 2 is 1.18 bits per heavy atom. The summed E-state index contributed by atoms with van der Waals surface area (Å²) in [5.74, 6) is 2.85. The molecule has 0 fully saturated rings. The fourth-order valence-electron chi connectivity index (χ4n) is 4.18. The van der Waals surface area contributed by atoms with Crippen molar-refractivity contribution < 1.29 is 23.3 Å². The SMILES string of the molecule is CCOP(OCC)c1c(-c2c(C(C)C)cc(C(C)C)cc2C(C)C)cc(OC)c(OC)c1OC. The van der Waals surface area contributed by atoms with Gasteiger partial charge in [0.1, 0.15) is 0 Å². The molecule has 2 aromatic carbocycles. The Hall–Kier alpha value is -1.81. The van der Waals surface area contributed by atoms with E-state index in [4.69, 9.17) is 23.3 Å². The van der Waals surface area contributed by atoms with Crippen molar-refractivity contribution in [2.75, 3.05) is 34.5 Å². The van der Waals surface area contributed by atoms with E-state index in [0.29, 0.717) is 48.2 Å². The van der Waals surface area contributed by atoms with Gasteiger partial charge in [0, 0.05) is 5.56 Å². The second-order valence-electron chi connectivity index (χ2n) is 9.17. The Labute approximate surface area is 208 Å². The molecule has 0 N–H and O–H groups in total. The van der Waals surface area contributed by atoms with Crippen LogP contribution in [0.1, 0.15) is 89.8 Å². The quantitative estimate of drug-likeness (QED) is 0.285. The standard InChI is InChI=1S/C28H43O5P/c1-12-32-34(33-13-2)28-23(16-24(29-9)26(30-10)27(28)31-11)25-21(18(5)6)14-20(17(3)4)15-22(25)19(7)8/h14-19H,12-13H2,1-11H3. The van der Waals surface area contributed by atoms with Crippen molar-refractivity contribution in [3.8, 4) is 28.4 Å². The molecule has 0 bridgehead atoms. The summed E-state index contributed by atoms with van der Waals surface area (Å²) in [6.07, 6.45) is 0. The summed E-state index contributed by atoms with van der Waals surface area (Å²) in [5, 5.41) is 0.889. The van der Waals surface area contributed by atoms with Gasteiger partial charge in [-0.3, -0.25) is 0 Å². The average Bonchev–Trinajstić information content (AvgIpc) is 2.81. The molecule has 5 nitrogen and oxygen atoms in total. The van der Waals surface area contributed by atoms with Gasteiger partial charge in [0.2, 0.25) is 14.1 Å². The van der Waals surface area contributed by atoms with Crippen LogP contribution in [0.15, 0.2) is 18.2 Å². The number of ether oxygens (including phenoxy) is 3. The molecular formula is C28H43O5P. The summed E-state index contributed by atoms with van der Waals surface area (Å²) in [6, 6.07) is 6.77. The number of hydrogen-bond donors (Lipinski definition) is 0. The van der Waals surface area contributed by atoms with E-state index in [1.807, 2.05) is 13.8 Å². The van der Waals surface area contributed by atoms with Crippen LogP contribution in [0.25, 0.3) is 11.1 Å². The molecule has 6 heteroatoms. The van der Waals surface area contributed by atoms with Gasteiger partial charge in [0.25, 0.3) is 0 Å². The third-order valence-electron chi connectivity index (χ3n) is 5.88. The molecule has 0 aliphatic rings. The summed E-state index contributed by atoms with van der Waals surface area (Å²) in [5.41, 5.74) is 6.17. The molecule has 0 aliphatic heterocycles. The highest BCUT2D eigenvalue weighted by Crippen LogP contribution is 2.52. The van der Waals surface area contributed by atoms with Gasteiger partial charge in [0.05, 0.1) is 39.8 Å². The van der Waals surface area contributed by atoms with Crippen molar-refractivity contribution in [2.45, 2.75) is 73.1 Å².